The number of carbonyl (C=O) groups is 2. The molecule has 9 heteroatoms. The molecule has 1 aliphatic heterocycles. The Kier molecular flexibility index (Phi) is 7.29. The molecule has 0 bridgehead atoms. The monoisotopic (exact) mass is 446 g/mol. The summed E-state index contributed by atoms with van der Waals surface area (Å²) in [6, 6.07) is 13.5. The fourth-order valence-electron chi connectivity index (χ4n) is 3.27. The van der Waals surface area contributed by atoms with Crippen molar-refractivity contribution in [2.24, 2.45) is 0 Å². The third kappa shape index (κ3) is 5.42. The third-order valence-electron chi connectivity index (χ3n) is 4.94. The van der Waals surface area contributed by atoms with Crippen molar-refractivity contribution >= 4 is 27.6 Å². The van der Waals surface area contributed by atoms with Crippen LogP contribution in [0, 0.1) is 0 Å². The van der Waals surface area contributed by atoms with Gasteiger partial charge in [0.15, 0.2) is 0 Å². The number of amides is 1. The molecule has 0 aromatic heterocycles. The summed E-state index contributed by atoms with van der Waals surface area (Å²) in [7, 11) is -2.24. The Bertz CT molecular complexity index is 1040. The smallest absolute Gasteiger partial charge is 0.348 e. The number of hydrogen-bond acceptors (Lipinski definition) is 6. The van der Waals surface area contributed by atoms with Crippen LogP contribution in [-0.4, -0.2) is 46.6 Å². The second kappa shape index (κ2) is 9.93. The molecule has 0 saturated heterocycles. The van der Waals surface area contributed by atoms with Gasteiger partial charge in [0.1, 0.15) is 5.75 Å². The van der Waals surface area contributed by atoms with E-state index in [0.717, 1.165) is 5.56 Å². The lowest BCUT2D eigenvalue weighted by molar-refractivity contribution is -0.148. The number of methoxy groups -OCH3 is 1. The number of nitrogens with one attached hydrogen (secondary N) is 1. The Morgan fingerprint density at radius 3 is 2.55 bits per heavy atom. The number of anilines is 1. The van der Waals surface area contributed by atoms with E-state index in [4.69, 9.17) is 9.47 Å². The zero-order valence-corrected chi connectivity index (χ0v) is 18.4. The lowest BCUT2D eigenvalue weighted by atomic mass is 10.1. The number of benzene rings is 2. The van der Waals surface area contributed by atoms with E-state index in [1.54, 1.807) is 36.4 Å². The molecule has 31 heavy (non-hydrogen) atoms. The van der Waals surface area contributed by atoms with Crippen LogP contribution in [0.25, 0.3) is 0 Å². The normalized spacial score (nSPS) is 15.7. The van der Waals surface area contributed by atoms with Gasteiger partial charge >= 0.3 is 5.97 Å². The first-order chi connectivity index (χ1) is 14.9. The van der Waals surface area contributed by atoms with Crippen molar-refractivity contribution in [3.05, 3.63) is 54.1 Å². The molecule has 0 radical (unpaired) electrons. The maximum absolute atomic E-state index is 12.9. The maximum Gasteiger partial charge on any atom is 0.348 e. The van der Waals surface area contributed by atoms with E-state index in [0.29, 0.717) is 30.8 Å². The van der Waals surface area contributed by atoms with Crippen LogP contribution in [0.1, 0.15) is 25.3 Å². The zero-order chi connectivity index (χ0) is 22.4. The lowest BCUT2D eigenvalue weighted by Gasteiger charge is -2.33. The van der Waals surface area contributed by atoms with Gasteiger partial charge in [0, 0.05) is 13.0 Å². The van der Waals surface area contributed by atoms with Crippen LogP contribution >= 0.6 is 0 Å². The summed E-state index contributed by atoms with van der Waals surface area (Å²) >= 11 is 0. The van der Waals surface area contributed by atoms with Gasteiger partial charge in [0.25, 0.3) is 0 Å². The largest absolute Gasteiger partial charge is 0.475 e. The third-order valence-corrected chi connectivity index (χ3v) is 6.42. The Balaban J connectivity index is 1.68. The van der Waals surface area contributed by atoms with E-state index in [-0.39, 0.29) is 23.8 Å². The van der Waals surface area contributed by atoms with Crippen LogP contribution in [-0.2, 0) is 30.8 Å². The quantitative estimate of drug-likeness (QED) is 0.624. The van der Waals surface area contributed by atoms with Crippen LogP contribution in [0.2, 0.25) is 0 Å². The molecule has 0 fully saturated rings. The Morgan fingerprint density at radius 1 is 1.16 bits per heavy atom. The minimum absolute atomic E-state index is 0.0722. The van der Waals surface area contributed by atoms with Gasteiger partial charge in [0.05, 0.1) is 24.2 Å². The summed E-state index contributed by atoms with van der Waals surface area (Å²) in [6.07, 6.45) is 0.455. The van der Waals surface area contributed by atoms with E-state index in [1.165, 1.54) is 24.1 Å². The summed E-state index contributed by atoms with van der Waals surface area (Å²) in [6.45, 7) is 2.35. The summed E-state index contributed by atoms with van der Waals surface area (Å²) in [5, 5.41) is 0. The topological polar surface area (TPSA) is 102 Å². The summed E-state index contributed by atoms with van der Waals surface area (Å²) < 4.78 is 37.3. The molecule has 1 amide bonds. The minimum Gasteiger partial charge on any atom is -0.475 e. The Labute approximate surface area is 182 Å². The SMILES string of the molecule is CCCNS(=O)(=O)c1ccc(CCC(=O)N2CC(C(=O)OC)Oc3ccccc32)cc1. The predicted octanol–water partition coefficient (Wildman–Crippen LogP) is 2.27. The van der Waals surface area contributed by atoms with Crippen molar-refractivity contribution in [1.29, 1.82) is 0 Å². The second-order valence-corrected chi connectivity index (χ2v) is 8.91. The number of aryl methyl sites for hydroxylation is 1. The highest BCUT2D eigenvalue weighted by Gasteiger charge is 2.34. The molecule has 1 N–H and O–H groups in total. The van der Waals surface area contributed by atoms with Crippen molar-refractivity contribution < 1.29 is 27.5 Å². The number of carbonyl (C=O) groups excluding carboxylic acids is 2. The van der Waals surface area contributed by atoms with Crippen molar-refractivity contribution in [3.63, 3.8) is 0 Å². The number of fused-ring (bicyclic) bond motifs is 1. The van der Waals surface area contributed by atoms with Crippen LogP contribution in [0.3, 0.4) is 0 Å². The molecule has 2 aromatic rings. The minimum atomic E-state index is -3.52. The maximum atomic E-state index is 12.9. The van der Waals surface area contributed by atoms with E-state index >= 15 is 0 Å². The predicted molar refractivity (Wildman–Crippen MR) is 115 cm³/mol. The number of hydrogen-bond donors (Lipinski definition) is 1. The standard InChI is InChI=1S/C22H26N2O6S/c1-3-14-23-31(27,28)17-11-8-16(9-12-17)10-13-21(25)24-15-20(22(26)29-2)30-19-7-5-4-6-18(19)24/h4-9,11-12,20,23H,3,10,13-15H2,1-2H3. The van der Waals surface area contributed by atoms with Gasteiger partial charge in [-0.05, 0) is 42.7 Å². The summed E-state index contributed by atoms with van der Waals surface area (Å²) in [4.78, 5) is 26.6. The van der Waals surface area contributed by atoms with Gasteiger partial charge in [-0.25, -0.2) is 17.9 Å². The van der Waals surface area contributed by atoms with E-state index < -0.39 is 22.1 Å². The lowest BCUT2D eigenvalue weighted by Crippen LogP contribution is -2.47. The molecule has 2 aromatic carbocycles. The van der Waals surface area contributed by atoms with Crippen molar-refractivity contribution in [1.82, 2.24) is 4.72 Å². The van der Waals surface area contributed by atoms with Crippen LogP contribution in [0.15, 0.2) is 53.4 Å². The number of sulfonamides is 1. The summed E-state index contributed by atoms with van der Waals surface area (Å²) in [5.74, 6) is -0.251. The number of rotatable bonds is 8. The first kappa shape index (κ1) is 22.8. The van der Waals surface area contributed by atoms with Crippen molar-refractivity contribution in [2.45, 2.75) is 37.2 Å². The fourth-order valence-corrected chi connectivity index (χ4v) is 4.40. The second-order valence-electron chi connectivity index (χ2n) is 7.14. The Morgan fingerprint density at radius 2 is 1.87 bits per heavy atom. The van der Waals surface area contributed by atoms with Gasteiger partial charge in [-0.1, -0.05) is 31.2 Å². The van der Waals surface area contributed by atoms with Crippen LogP contribution in [0.5, 0.6) is 5.75 Å². The first-order valence-electron chi connectivity index (χ1n) is 10.1. The molecule has 8 nitrogen and oxygen atoms in total. The molecule has 3 rings (SSSR count). The average Bonchev–Trinajstić information content (AvgIpc) is 2.80. The van der Waals surface area contributed by atoms with Gasteiger partial charge in [0.2, 0.25) is 22.0 Å². The van der Waals surface area contributed by atoms with E-state index in [9.17, 15) is 18.0 Å². The van der Waals surface area contributed by atoms with E-state index in [2.05, 4.69) is 4.72 Å². The highest BCUT2D eigenvalue weighted by molar-refractivity contribution is 7.89. The molecule has 0 spiro atoms. The zero-order valence-electron chi connectivity index (χ0n) is 17.5. The number of esters is 1. The Hall–Kier alpha value is -2.91. The van der Waals surface area contributed by atoms with Crippen LogP contribution < -0.4 is 14.4 Å². The van der Waals surface area contributed by atoms with Crippen molar-refractivity contribution in [3.8, 4) is 5.75 Å². The van der Waals surface area contributed by atoms with Crippen LogP contribution in [0.4, 0.5) is 5.69 Å². The average molecular weight is 447 g/mol. The van der Waals surface area contributed by atoms with Gasteiger partial charge in [-0.3, -0.25) is 4.79 Å². The van der Waals surface area contributed by atoms with E-state index in [1.807, 2.05) is 6.92 Å². The fraction of sp³-hybridized carbons (Fsp3) is 0.364. The highest BCUT2D eigenvalue weighted by Crippen LogP contribution is 2.33. The molecule has 166 valence electrons. The van der Waals surface area contributed by atoms with Gasteiger partial charge < -0.3 is 14.4 Å². The molecule has 1 heterocycles. The summed E-state index contributed by atoms with van der Waals surface area (Å²) in [5.41, 5.74) is 1.45. The van der Waals surface area contributed by atoms with Gasteiger partial charge in [-0.15, -0.1) is 0 Å². The molecule has 0 saturated carbocycles. The molecular formula is C22H26N2O6S. The molecule has 0 aliphatic carbocycles. The molecular weight excluding hydrogens is 420 g/mol. The first-order valence-corrected chi connectivity index (χ1v) is 11.6. The number of nitrogens with zero attached hydrogens (tertiary/aromatic N) is 1. The highest BCUT2D eigenvalue weighted by atomic mass is 32.2. The van der Waals surface area contributed by atoms with Gasteiger partial charge in [-0.2, -0.15) is 0 Å². The molecule has 1 aliphatic rings. The van der Waals surface area contributed by atoms with Crippen molar-refractivity contribution in [2.75, 3.05) is 25.1 Å². The number of ether oxygens (including phenoxy) is 2. The molecule has 1 unspecified atom stereocenters. The molecule has 1 atom stereocenters. The number of para-hydroxylation sites is 2.